The van der Waals surface area contributed by atoms with Crippen molar-refractivity contribution < 1.29 is 19.1 Å². The number of amides is 1. The molecule has 0 spiro atoms. The molecule has 1 rings (SSSR count). The first-order valence-corrected chi connectivity index (χ1v) is 7.19. The van der Waals surface area contributed by atoms with Gasteiger partial charge in [0.05, 0.1) is 6.42 Å². The first kappa shape index (κ1) is 17.1. The van der Waals surface area contributed by atoms with Crippen LogP contribution in [0.3, 0.4) is 0 Å². The Labute approximate surface area is 124 Å². The van der Waals surface area contributed by atoms with Crippen molar-refractivity contribution in [3.05, 3.63) is 35.6 Å². The minimum absolute atomic E-state index is 0.0454. The van der Waals surface area contributed by atoms with E-state index in [1.54, 1.807) is 11.0 Å². The van der Waals surface area contributed by atoms with E-state index >= 15 is 0 Å². The molecule has 0 aromatic heterocycles. The largest absolute Gasteiger partial charge is 0.481 e. The van der Waals surface area contributed by atoms with E-state index in [9.17, 15) is 14.0 Å². The highest BCUT2D eigenvalue weighted by atomic mass is 19.1. The Morgan fingerprint density at radius 2 is 2.10 bits per heavy atom. The van der Waals surface area contributed by atoms with Crippen LogP contribution >= 0.6 is 0 Å². The van der Waals surface area contributed by atoms with Crippen molar-refractivity contribution in [1.82, 2.24) is 4.90 Å². The molecule has 1 atom stereocenters. The lowest BCUT2D eigenvalue weighted by atomic mass is 9.99. The molecule has 0 aliphatic rings. The quantitative estimate of drug-likeness (QED) is 0.802. The van der Waals surface area contributed by atoms with Crippen LogP contribution in [0.15, 0.2) is 24.3 Å². The number of carbonyl (C=O) groups is 2. The van der Waals surface area contributed by atoms with Gasteiger partial charge in [-0.15, -0.1) is 0 Å². The molecular formula is C16H22FNO3. The van der Waals surface area contributed by atoms with Crippen LogP contribution in [0.1, 0.15) is 32.3 Å². The SMILES string of the molecule is CCN(CCC(=O)O)C(=O)C(C)CCc1cccc(F)c1. The highest BCUT2D eigenvalue weighted by molar-refractivity contribution is 5.79. The molecule has 1 aromatic rings. The highest BCUT2D eigenvalue weighted by Crippen LogP contribution is 2.13. The molecule has 0 fully saturated rings. The first-order chi connectivity index (χ1) is 9.93. The molecule has 0 radical (unpaired) electrons. The second kappa shape index (κ2) is 8.39. The Morgan fingerprint density at radius 3 is 2.67 bits per heavy atom. The Morgan fingerprint density at radius 1 is 1.38 bits per heavy atom. The Hall–Kier alpha value is -1.91. The maximum Gasteiger partial charge on any atom is 0.305 e. The van der Waals surface area contributed by atoms with Crippen LogP contribution in [0.25, 0.3) is 0 Å². The van der Waals surface area contributed by atoms with Gasteiger partial charge < -0.3 is 10.0 Å². The van der Waals surface area contributed by atoms with Crippen molar-refractivity contribution in [2.75, 3.05) is 13.1 Å². The fourth-order valence-electron chi connectivity index (χ4n) is 2.17. The van der Waals surface area contributed by atoms with E-state index in [2.05, 4.69) is 0 Å². The molecule has 1 aromatic carbocycles. The molecule has 0 bridgehead atoms. The molecule has 4 nitrogen and oxygen atoms in total. The normalized spacial score (nSPS) is 12.0. The van der Waals surface area contributed by atoms with E-state index in [1.807, 2.05) is 19.9 Å². The van der Waals surface area contributed by atoms with Gasteiger partial charge in [0.15, 0.2) is 0 Å². The zero-order valence-corrected chi connectivity index (χ0v) is 12.5. The Balaban J connectivity index is 2.50. The van der Waals surface area contributed by atoms with Crippen molar-refractivity contribution >= 4 is 11.9 Å². The van der Waals surface area contributed by atoms with Crippen LogP contribution in [-0.4, -0.2) is 35.0 Å². The van der Waals surface area contributed by atoms with E-state index in [1.165, 1.54) is 12.1 Å². The monoisotopic (exact) mass is 295 g/mol. The molecule has 0 heterocycles. The second-order valence-corrected chi connectivity index (χ2v) is 5.13. The molecule has 116 valence electrons. The molecule has 0 aliphatic heterocycles. The fraction of sp³-hybridized carbons (Fsp3) is 0.500. The van der Waals surface area contributed by atoms with E-state index in [0.29, 0.717) is 19.4 Å². The average Bonchev–Trinajstić information content (AvgIpc) is 2.45. The zero-order chi connectivity index (χ0) is 15.8. The summed E-state index contributed by atoms with van der Waals surface area (Å²) < 4.78 is 13.1. The molecular weight excluding hydrogens is 273 g/mol. The summed E-state index contributed by atoms with van der Waals surface area (Å²) in [6.07, 6.45) is 1.20. The van der Waals surface area contributed by atoms with Crippen LogP contribution in [0.4, 0.5) is 4.39 Å². The lowest BCUT2D eigenvalue weighted by Gasteiger charge is -2.23. The van der Waals surface area contributed by atoms with Crippen LogP contribution < -0.4 is 0 Å². The van der Waals surface area contributed by atoms with Gasteiger partial charge in [-0.05, 0) is 37.5 Å². The Bertz CT molecular complexity index is 490. The number of carbonyl (C=O) groups excluding carboxylic acids is 1. The van der Waals surface area contributed by atoms with Gasteiger partial charge in [-0.3, -0.25) is 9.59 Å². The van der Waals surface area contributed by atoms with E-state index in [0.717, 1.165) is 5.56 Å². The lowest BCUT2D eigenvalue weighted by molar-refractivity contribution is -0.139. The number of hydrogen-bond donors (Lipinski definition) is 1. The standard InChI is InChI=1S/C16H22FNO3/c1-3-18(10-9-15(19)20)16(21)12(2)7-8-13-5-4-6-14(17)11-13/h4-6,11-12H,3,7-10H2,1-2H3,(H,19,20). The summed E-state index contributed by atoms with van der Waals surface area (Å²) in [5.41, 5.74) is 0.864. The van der Waals surface area contributed by atoms with Gasteiger partial charge in [0.25, 0.3) is 0 Å². The topological polar surface area (TPSA) is 57.6 Å². The van der Waals surface area contributed by atoms with Crippen LogP contribution in [-0.2, 0) is 16.0 Å². The number of nitrogens with zero attached hydrogens (tertiary/aromatic N) is 1. The van der Waals surface area contributed by atoms with Crippen molar-refractivity contribution in [3.63, 3.8) is 0 Å². The average molecular weight is 295 g/mol. The summed E-state index contributed by atoms with van der Waals surface area (Å²) in [6.45, 7) is 4.38. The third kappa shape index (κ3) is 5.94. The number of benzene rings is 1. The molecule has 0 saturated carbocycles. The van der Waals surface area contributed by atoms with E-state index in [-0.39, 0.29) is 30.6 Å². The van der Waals surface area contributed by atoms with Gasteiger partial charge in [-0.1, -0.05) is 19.1 Å². The maximum atomic E-state index is 13.1. The zero-order valence-electron chi connectivity index (χ0n) is 12.5. The summed E-state index contributed by atoms with van der Waals surface area (Å²) >= 11 is 0. The van der Waals surface area contributed by atoms with Crippen LogP contribution in [0, 0.1) is 11.7 Å². The predicted octanol–water partition coefficient (Wildman–Crippen LogP) is 2.72. The number of hydrogen-bond acceptors (Lipinski definition) is 2. The van der Waals surface area contributed by atoms with Gasteiger partial charge in [0.2, 0.25) is 5.91 Å². The van der Waals surface area contributed by atoms with Gasteiger partial charge >= 0.3 is 5.97 Å². The molecule has 5 heteroatoms. The summed E-state index contributed by atoms with van der Waals surface area (Å²) in [4.78, 5) is 24.4. The predicted molar refractivity (Wildman–Crippen MR) is 78.4 cm³/mol. The number of aryl methyl sites for hydroxylation is 1. The van der Waals surface area contributed by atoms with Crippen molar-refractivity contribution in [2.24, 2.45) is 5.92 Å². The number of halogens is 1. The third-order valence-corrected chi connectivity index (χ3v) is 3.47. The lowest BCUT2D eigenvalue weighted by Crippen LogP contribution is -2.36. The molecule has 0 saturated heterocycles. The van der Waals surface area contributed by atoms with Crippen molar-refractivity contribution in [2.45, 2.75) is 33.1 Å². The Kier molecular flexibility index (Phi) is 6.85. The molecule has 1 unspecified atom stereocenters. The maximum absolute atomic E-state index is 13.1. The van der Waals surface area contributed by atoms with Gasteiger partial charge in [-0.25, -0.2) is 4.39 Å². The number of carboxylic acids is 1. The summed E-state index contributed by atoms with van der Waals surface area (Å²) in [5, 5.41) is 8.68. The van der Waals surface area contributed by atoms with Crippen LogP contribution in [0.2, 0.25) is 0 Å². The summed E-state index contributed by atoms with van der Waals surface area (Å²) in [6, 6.07) is 6.35. The molecule has 0 aliphatic carbocycles. The van der Waals surface area contributed by atoms with Crippen LogP contribution in [0.5, 0.6) is 0 Å². The molecule has 1 N–H and O–H groups in total. The number of aliphatic carboxylic acids is 1. The number of carboxylic acid groups (broad SMARTS) is 1. The molecule has 21 heavy (non-hydrogen) atoms. The summed E-state index contributed by atoms with van der Waals surface area (Å²) in [5.74, 6) is -1.44. The summed E-state index contributed by atoms with van der Waals surface area (Å²) in [7, 11) is 0. The van der Waals surface area contributed by atoms with E-state index in [4.69, 9.17) is 5.11 Å². The minimum Gasteiger partial charge on any atom is -0.481 e. The second-order valence-electron chi connectivity index (χ2n) is 5.13. The van der Waals surface area contributed by atoms with E-state index < -0.39 is 5.97 Å². The first-order valence-electron chi connectivity index (χ1n) is 7.19. The van der Waals surface area contributed by atoms with Gasteiger partial charge in [0.1, 0.15) is 5.82 Å². The van der Waals surface area contributed by atoms with Gasteiger partial charge in [0, 0.05) is 19.0 Å². The third-order valence-electron chi connectivity index (χ3n) is 3.47. The minimum atomic E-state index is -0.909. The van der Waals surface area contributed by atoms with Crippen molar-refractivity contribution in [3.8, 4) is 0 Å². The highest BCUT2D eigenvalue weighted by Gasteiger charge is 2.19. The smallest absolute Gasteiger partial charge is 0.305 e. The molecule has 1 amide bonds. The number of rotatable bonds is 8. The van der Waals surface area contributed by atoms with Gasteiger partial charge in [-0.2, -0.15) is 0 Å². The fourth-order valence-corrected chi connectivity index (χ4v) is 2.17. The van der Waals surface area contributed by atoms with Crippen molar-refractivity contribution in [1.29, 1.82) is 0 Å².